The monoisotopic (exact) mass is 470 g/mol. The lowest BCUT2D eigenvalue weighted by molar-refractivity contribution is 0.0970. The first-order chi connectivity index (χ1) is 17.0. The average Bonchev–Trinajstić information content (AvgIpc) is 3.17. The third-order valence-corrected chi connectivity index (χ3v) is 6.18. The van der Waals surface area contributed by atoms with Crippen LogP contribution in [0.3, 0.4) is 0 Å². The summed E-state index contributed by atoms with van der Waals surface area (Å²) in [5.74, 6) is 1.19. The third kappa shape index (κ3) is 3.93. The van der Waals surface area contributed by atoms with Crippen molar-refractivity contribution in [3.8, 4) is 11.5 Å². The summed E-state index contributed by atoms with van der Waals surface area (Å²) in [7, 11) is 1.57. The number of unbranched alkanes of at least 4 members (excludes halogenated alkanes) is 1. The van der Waals surface area contributed by atoms with E-state index in [2.05, 4.69) is 11.9 Å². The molecule has 1 amide bonds. The first kappa shape index (κ1) is 22.7. The number of aryl methyl sites for hydroxylation is 1. The molecule has 1 atom stereocenters. The fraction of sp³-hybridized carbons (Fsp3) is 0.250. The molecule has 4 aromatic rings. The van der Waals surface area contributed by atoms with E-state index in [0.29, 0.717) is 40.5 Å². The molecule has 0 unspecified atom stereocenters. The van der Waals surface area contributed by atoms with Crippen molar-refractivity contribution in [2.45, 2.75) is 32.7 Å². The molecule has 0 spiro atoms. The maximum Gasteiger partial charge on any atom is 0.296 e. The number of benzene rings is 2. The Balaban J connectivity index is 1.70. The van der Waals surface area contributed by atoms with Crippen LogP contribution in [0.25, 0.3) is 11.0 Å². The number of hydrogen-bond acceptors (Lipinski definition) is 6. The summed E-state index contributed by atoms with van der Waals surface area (Å²) in [6, 6.07) is 15.4. The van der Waals surface area contributed by atoms with Crippen LogP contribution in [0, 0.1) is 6.92 Å². The number of amides is 1. The summed E-state index contributed by atoms with van der Waals surface area (Å²) in [5, 5.41) is 0.425. The third-order valence-electron chi connectivity index (χ3n) is 6.18. The molecule has 7 heteroatoms. The lowest BCUT2D eigenvalue weighted by Crippen LogP contribution is -2.30. The van der Waals surface area contributed by atoms with E-state index in [1.54, 1.807) is 43.6 Å². The quantitative estimate of drug-likeness (QED) is 0.335. The molecule has 0 saturated heterocycles. The zero-order chi connectivity index (χ0) is 24.5. The zero-order valence-corrected chi connectivity index (χ0v) is 19.9. The molecule has 0 saturated carbocycles. The Hall–Kier alpha value is -4.13. The normalized spacial score (nSPS) is 14.9. The molecule has 0 bridgehead atoms. The van der Waals surface area contributed by atoms with Gasteiger partial charge in [-0.05, 0) is 54.8 Å². The number of nitrogens with zero attached hydrogens (tertiary/aromatic N) is 2. The molecule has 178 valence electrons. The molecular weight excluding hydrogens is 444 g/mol. The van der Waals surface area contributed by atoms with Crippen LogP contribution in [0.4, 0.5) is 5.82 Å². The number of hydrogen-bond donors (Lipinski definition) is 0. The Bertz CT molecular complexity index is 1460. The zero-order valence-electron chi connectivity index (χ0n) is 19.9. The second kappa shape index (κ2) is 9.25. The number of carbonyl (C=O) groups excluding carboxylic acids is 1. The number of para-hydroxylation sites is 1. The molecule has 5 rings (SSSR count). The molecule has 7 nitrogen and oxygen atoms in total. The van der Waals surface area contributed by atoms with Gasteiger partial charge in [0.1, 0.15) is 11.4 Å². The predicted molar refractivity (Wildman–Crippen MR) is 134 cm³/mol. The largest absolute Gasteiger partial charge is 0.493 e. The molecule has 0 fully saturated rings. The smallest absolute Gasteiger partial charge is 0.296 e. The Morgan fingerprint density at radius 3 is 2.63 bits per heavy atom. The van der Waals surface area contributed by atoms with E-state index in [1.807, 2.05) is 31.2 Å². The summed E-state index contributed by atoms with van der Waals surface area (Å²) in [4.78, 5) is 33.3. The number of rotatable bonds is 7. The van der Waals surface area contributed by atoms with Crippen LogP contribution in [0.15, 0.2) is 70.0 Å². The molecule has 0 radical (unpaired) electrons. The molecule has 0 aliphatic carbocycles. The summed E-state index contributed by atoms with van der Waals surface area (Å²) >= 11 is 0. The molecule has 35 heavy (non-hydrogen) atoms. The number of fused-ring (bicyclic) bond motifs is 2. The minimum Gasteiger partial charge on any atom is -0.493 e. The number of pyridine rings is 1. The molecule has 1 aliphatic rings. The Labute approximate surface area is 202 Å². The van der Waals surface area contributed by atoms with E-state index < -0.39 is 11.9 Å². The molecule has 3 heterocycles. The fourth-order valence-corrected chi connectivity index (χ4v) is 4.37. The lowest BCUT2D eigenvalue weighted by atomic mass is 9.98. The summed E-state index contributed by atoms with van der Waals surface area (Å²) < 4.78 is 17.5. The van der Waals surface area contributed by atoms with Gasteiger partial charge in [0.05, 0.1) is 30.7 Å². The van der Waals surface area contributed by atoms with Gasteiger partial charge in [0.2, 0.25) is 5.76 Å². The minimum atomic E-state index is -0.729. The van der Waals surface area contributed by atoms with Gasteiger partial charge in [0.15, 0.2) is 16.9 Å². The molecule has 1 aliphatic heterocycles. The number of aromatic nitrogens is 1. The number of anilines is 1. The predicted octanol–water partition coefficient (Wildman–Crippen LogP) is 5.43. The van der Waals surface area contributed by atoms with Crippen LogP contribution in [0.2, 0.25) is 0 Å². The van der Waals surface area contributed by atoms with Gasteiger partial charge >= 0.3 is 0 Å². The van der Waals surface area contributed by atoms with Crippen LogP contribution < -0.4 is 19.8 Å². The standard InChI is InChI=1S/C28H26N2O5/c1-4-5-14-34-21-12-11-18(15-22(21)33-3)25-24-26(31)19-8-6-7-9-20(19)35-27(24)28(32)30(25)23-13-10-17(2)16-29-23/h6-13,15-16,25H,4-5,14H2,1-3H3/t25-/m1/s1. The van der Waals surface area contributed by atoms with E-state index in [-0.39, 0.29) is 16.8 Å². The van der Waals surface area contributed by atoms with Crippen LogP contribution in [-0.4, -0.2) is 24.6 Å². The highest BCUT2D eigenvalue weighted by Gasteiger charge is 2.44. The van der Waals surface area contributed by atoms with Crippen molar-refractivity contribution in [2.24, 2.45) is 0 Å². The van der Waals surface area contributed by atoms with Crippen molar-refractivity contribution in [1.82, 2.24) is 4.98 Å². The van der Waals surface area contributed by atoms with Crippen molar-refractivity contribution in [1.29, 1.82) is 0 Å². The Morgan fingerprint density at radius 1 is 1.06 bits per heavy atom. The number of carbonyl (C=O) groups is 1. The highest BCUT2D eigenvalue weighted by Crippen LogP contribution is 2.42. The van der Waals surface area contributed by atoms with Gasteiger partial charge in [-0.3, -0.25) is 14.5 Å². The van der Waals surface area contributed by atoms with Crippen molar-refractivity contribution >= 4 is 22.7 Å². The van der Waals surface area contributed by atoms with Crippen LogP contribution in [0.1, 0.15) is 53.1 Å². The van der Waals surface area contributed by atoms with E-state index in [9.17, 15) is 9.59 Å². The van der Waals surface area contributed by atoms with E-state index in [0.717, 1.165) is 18.4 Å². The second-order valence-corrected chi connectivity index (χ2v) is 8.55. The number of ether oxygens (including phenoxy) is 2. The SMILES string of the molecule is CCCCOc1ccc([C@@H]2c3c(oc4ccccc4c3=O)C(=O)N2c2ccc(C)cn2)cc1OC. The summed E-state index contributed by atoms with van der Waals surface area (Å²) in [6.07, 6.45) is 3.64. The van der Waals surface area contributed by atoms with Gasteiger partial charge in [-0.25, -0.2) is 4.98 Å². The highest BCUT2D eigenvalue weighted by atomic mass is 16.5. The number of methoxy groups -OCH3 is 1. The maximum atomic E-state index is 13.7. The van der Waals surface area contributed by atoms with Crippen molar-refractivity contribution < 1.29 is 18.7 Å². The second-order valence-electron chi connectivity index (χ2n) is 8.55. The van der Waals surface area contributed by atoms with Crippen molar-refractivity contribution in [3.05, 3.63) is 93.5 Å². The fourth-order valence-electron chi connectivity index (χ4n) is 4.37. The summed E-state index contributed by atoms with van der Waals surface area (Å²) in [6.45, 7) is 4.60. The molecular formula is C28H26N2O5. The van der Waals surface area contributed by atoms with Gasteiger partial charge in [0, 0.05) is 6.20 Å². The first-order valence-electron chi connectivity index (χ1n) is 11.7. The highest BCUT2D eigenvalue weighted by molar-refractivity contribution is 6.10. The maximum absolute atomic E-state index is 13.7. The molecule has 2 aromatic heterocycles. The van der Waals surface area contributed by atoms with Gasteiger partial charge in [0.25, 0.3) is 5.91 Å². The van der Waals surface area contributed by atoms with E-state index in [4.69, 9.17) is 13.9 Å². The Morgan fingerprint density at radius 2 is 1.89 bits per heavy atom. The molecule has 0 N–H and O–H groups in total. The van der Waals surface area contributed by atoms with Crippen LogP contribution in [0.5, 0.6) is 11.5 Å². The van der Waals surface area contributed by atoms with Crippen LogP contribution >= 0.6 is 0 Å². The van der Waals surface area contributed by atoms with Gasteiger partial charge in [-0.2, -0.15) is 0 Å². The van der Waals surface area contributed by atoms with Crippen molar-refractivity contribution in [3.63, 3.8) is 0 Å². The average molecular weight is 471 g/mol. The van der Waals surface area contributed by atoms with E-state index in [1.165, 1.54) is 4.90 Å². The first-order valence-corrected chi connectivity index (χ1v) is 11.7. The van der Waals surface area contributed by atoms with Crippen LogP contribution in [-0.2, 0) is 0 Å². The van der Waals surface area contributed by atoms with Gasteiger partial charge in [-0.15, -0.1) is 0 Å². The van der Waals surface area contributed by atoms with Crippen molar-refractivity contribution in [2.75, 3.05) is 18.6 Å². The molecule has 2 aromatic carbocycles. The summed E-state index contributed by atoms with van der Waals surface area (Å²) in [5.41, 5.74) is 2.08. The van der Waals surface area contributed by atoms with E-state index >= 15 is 0 Å². The Kier molecular flexibility index (Phi) is 5.99. The van der Waals surface area contributed by atoms with Gasteiger partial charge < -0.3 is 13.9 Å². The minimum absolute atomic E-state index is 0.0308. The lowest BCUT2D eigenvalue weighted by Gasteiger charge is -2.25. The van der Waals surface area contributed by atoms with Gasteiger partial charge in [-0.1, -0.05) is 37.6 Å². The topological polar surface area (TPSA) is 81.9 Å².